The number of nitrogens with two attached hydrogens (primary N) is 1. The highest BCUT2D eigenvalue weighted by molar-refractivity contribution is 8.04. The summed E-state index contributed by atoms with van der Waals surface area (Å²) in [5, 5.41) is 27.7. The van der Waals surface area contributed by atoms with E-state index in [1.54, 1.807) is 5.41 Å². The van der Waals surface area contributed by atoms with Crippen molar-refractivity contribution in [2.75, 3.05) is 5.75 Å². The molecule has 2 amide bonds. The lowest BCUT2D eigenvalue weighted by Crippen LogP contribution is -2.72. The number of carbonyl (C=O) groups excluding carboxylic acids is 2. The van der Waals surface area contributed by atoms with E-state index in [0.29, 0.717) is 11.3 Å². The van der Waals surface area contributed by atoms with Crippen molar-refractivity contribution in [3.8, 4) is 0 Å². The van der Waals surface area contributed by atoms with Crippen LogP contribution in [-0.4, -0.2) is 60.9 Å². The molecule has 0 saturated carbocycles. The molecule has 0 spiro atoms. The summed E-state index contributed by atoms with van der Waals surface area (Å²) in [5.74, 6) is -2.29. The number of thioether (sulfide) groups is 2. The molecule has 1 saturated heterocycles. The molecule has 3 aliphatic rings. The smallest absolute Gasteiger partial charge is 0.352 e. The van der Waals surface area contributed by atoms with E-state index in [-0.39, 0.29) is 5.70 Å². The zero-order chi connectivity index (χ0) is 19.1. The minimum absolute atomic E-state index is 0.136. The van der Waals surface area contributed by atoms with Crippen molar-refractivity contribution in [3.63, 3.8) is 0 Å². The number of nitrogens with one attached hydrogen (secondary N) is 2. The van der Waals surface area contributed by atoms with Crippen LogP contribution in [0.4, 0.5) is 0 Å². The average Bonchev–Trinajstić information content (AvgIpc) is 3.05. The van der Waals surface area contributed by atoms with Gasteiger partial charge in [0.05, 0.1) is 0 Å². The van der Waals surface area contributed by atoms with Crippen LogP contribution >= 0.6 is 23.5 Å². The zero-order valence-corrected chi connectivity index (χ0v) is 14.8. The van der Waals surface area contributed by atoms with Crippen LogP contribution in [0, 0.1) is 0 Å². The lowest BCUT2D eigenvalue weighted by Gasteiger charge is -2.49. The number of aliphatic carboxylic acids is 1. The van der Waals surface area contributed by atoms with Gasteiger partial charge in [0.15, 0.2) is 10.7 Å². The summed E-state index contributed by atoms with van der Waals surface area (Å²) in [4.78, 5) is 36.0. The number of oxime groups is 1. The van der Waals surface area contributed by atoms with Crippen molar-refractivity contribution in [1.29, 1.82) is 0 Å². The number of nitrogens with zero attached hydrogens (tertiary/aromatic N) is 2. The van der Waals surface area contributed by atoms with Crippen LogP contribution in [0.2, 0.25) is 0 Å². The second-order valence-corrected chi connectivity index (χ2v) is 7.75. The van der Waals surface area contributed by atoms with Crippen LogP contribution in [0.5, 0.6) is 0 Å². The van der Waals surface area contributed by atoms with E-state index < -0.39 is 39.9 Å². The van der Waals surface area contributed by atoms with Gasteiger partial charge in [0.2, 0.25) is 0 Å². The minimum atomic E-state index is -1.45. The Morgan fingerprint density at radius 3 is 2.85 bits per heavy atom. The topological polar surface area (TPSA) is 157 Å². The van der Waals surface area contributed by atoms with E-state index in [2.05, 4.69) is 22.4 Å². The molecule has 0 aromatic rings. The fourth-order valence-electron chi connectivity index (χ4n) is 2.75. The number of β-lactam (4-membered cyclic amide) rings is 1. The molecule has 0 aromatic heterocycles. The van der Waals surface area contributed by atoms with Gasteiger partial charge in [-0.1, -0.05) is 29.6 Å². The van der Waals surface area contributed by atoms with E-state index in [0.717, 1.165) is 16.7 Å². The Hall–Kier alpha value is -2.44. The van der Waals surface area contributed by atoms with Gasteiger partial charge in [0.25, 0.3) is 11.8 Å². The summed E-state index contributed by atoms with van der Waals surface area (Å²) in [6, 6.07) is -0.951. The van der Waals surface area contributed by atoms with E-state index in [1.807, 2.05) is 0 Å². The second kappa shape index (κ2) is 6.70. The van der Waals surface area contributed by atoms with Crippen molar-refractivity contribution in [3.05, 3.63) is 35.5 Å². The fraction of sp³-hybridized carbons (Fsp3) is 0.286. The summed E-state index contributed by atoms with van der Waals surface area (Å²) in [6.07, 6.45) is 2.90. The van der Waals surface area contributed by atoms with Crippen molar-refractivity contribution < 1.29 is 24.7 Å². The maximum Gasteiger partial charge on any atom is 0.352 e. The summed E-state index contributed by atoms with van der Waals surface area (Å²) in [7, 11) is 0. The molecule has 1 fully saturated rings. The van der Waals surface area contributed by atoms with Crippen LogP contribution in [-0.2, 0) is 14.4 Å². The molecule has 2 unspecified atom stereocenters. The molecule has 3 rings (SSSR count). The first-order valence-corrected chi connectivity index (χ1v) is 9.23. The summed E-state index contributed by atoms with van der Waals surface area (Å²) in [5.41, 5.74) is 5.85. The van der Waals surface area contributed by atoms with Gasteiger partial charge in [-0.25, -0.2) is 4.79 Å². The molecule has 0 radical (unpaired) electrons. The molecular formula is C14H15N5O5S2. The van der Waals surface area contributed by atoms with Crippen LogP contribution < -0.4 is 16.4 Å². The number of rotatable bonds is 5. The number of allylic oxidation sites excluding steroid dienone is 1. The van der Waals surface area contributed by atoms with Gasteiger partial charge in [-0.2, -0.15) is 0 Å². The third-order valence-corrected chi connectivity index (χ3v) is 6.28. The van der Waals surface area contributed by atoms with Crippen LogP contribution in [0.25, 0.3) is 0 Å². The highest BCUT2D eigenvalue weighted by atomic mass is 32.2. The molecule has 10 nitrogen and oxygen atoms in total. The number of carbonyl (C=O) groups is 3. The molecule has 3 heterocycles. The molecule has 3 aliphatic heterocycles. The Bertz CT molecular complexity index is 785. The molecular weight excluding hydrogens is 382 g/mol. The maximum atomic E-state index is 12.4. The first-order valence-electron chi connectivity index (χ1n) is 7.30. The summed E-state index contributed by atoms with van der Waals surface area (Å²) < 4.78 is 0. The lowest BCUT2D eigenvalue weighted by atomic mass is 10.0. The predicted molar refractivity (Wildman–Crippen MR) is 95.9 cm³/mol. The highest BCUT2D eigenvalue weighted by Crippen LogP contribution is 2.40. The minimum Gasteiger partial charge on any atom is -0.477 e. The van der Waals surface area contributed by atoms with Gasteiger partial charge in [0.1, 0.15) is 17.1 Å². The van der Waals surface area contributed by atoms with E-state index in [9.17, 15) is 24.7 Å². The summed E-state index contributed by atoms with van der Waals surface area (Å²) >= 11 is 2.33. The van der Waals surface area contributed by atoms with Crippen molar-refractivity contribution in [2.45, 2.75) is 16.4 Å². The standard InChI is InChI=1S/C14H15N5O5S2/c1-2-6-5-25-12-7(11(21)19(12)8(6)13(22)23)17-10(20)9(18-24)14(15)16-3-4-26-14/h2-4,7,12,16,24H,1,5,15H2,(H,17,20)(H,22,23)/b18-9+/t7?,12-,14?/m1/s1. The second-order valence-electron chi connectivity index (χ2n) is 5.49. The van der Waals surface area contributed by atoms with Crippen molar-refractivity contribution in [1.82, 2.24) is 15.5 Å². The lowest BCUT2D eigenvalue weighted by molar-refractivity contribution is -0.150. The molecule has 3 atom stereocenters. The molecule has 26 heavy (non-hydrogen) atoms. The van der Waals surface area contributed by atoms with Crippen LogP contribution in [0.15, 0.2) is 40.7 Å². The molecule has 6 N–H and O–H groups in total. The Kier molecular flexibility index (Phi) is 4.73. The third-order valence-electron chi connectivity index (χ3n) is 4.02. The average molecular weight is 397 g/mol. The molecule has 0 bridgehead atoms. The van der Waals surface area contributed by atoms with Crippen LogP contribution in [0.3, 0.4) is 0 Å². The maximum absolute atomic E-state index is 12.4. The largest absolute Gasteiger partial charge is 0.477 e. The first-order chi connectivity index (χ1) is 12.3. The number of hydrogen-bond acceptors (Lipinski definition) is 9. The third kappa shape index (κ3) is 2.75. The van der Waals surface area contributed by atoms with Crippen molar-refractivity contribution >= 4 is 47.0 Å². The van der Waals surface area contributed by atoms with E-state index in [1.165, 1.54) is 24.0 Å². The number of hydrogen-bond donors (Lipinski definition) is 5. The van der Waals surface area contributed by atoms with E-state index in [4.69, 9.17) is 5.73 Å². The van der Waals surface area contributed by atoms with Gasteiger partial charge in [0, 0.05) is 12.0 Å². The molecule has 138 valence electrons. The predicted octanol–water partition coefficient (Wildman–Crippen LogP) is -0.839. The van der Waals surface area contributed by atoms with Gasteiger partial charge >= 0.3 is 5.97 Å². The highest BCUT2D eigenvalue weighted by Gasteiger charge is 2.54. The van der Waals surface area contributed by atoms with E-state index >= 15 is 0 Å². The van der Waals surface area contributed by atoms with Crippen molar-refractivity contribution in [2.24, 2.45) is 10.9 Å². The molecule has 12 heteroatoms. The van der Waals surface area contributed by atoms with Gasteiger partial charge in [-0.3, -0.25) is 20.2 Å². The Morgan fingerprint density at radius 1 is 1.58 bits per heavy atom. The Labute approximate surface area is 156 Å². The number of carboxylic acid groups (broad SMARTS) is 1. The number of amides is 2. The van der Waals surface area contributed by atoms with Gasteiger partial charge < -0.3 is 20.9 Å². The van der Waals surface area contributed by atoms with Gasteiger partial charge in [-0.05, 0) is 11.0 Å². The Morgan fingerprint density at radius 2 is 2.31 bits per heavy atom. The zero-order valence-electron chi connectivity index (χ0n) is 13.2. The first kappa shape index (κ1) is 18.4. The monoisotopic (exact) mass is 397 g/mol. The SMILES string of the molecule is C=CC1=C(C(=O)O)N2C(=O)C(NC(=O)/C(=N\O)C3(N)NC=CS3)[C@H]2SC1. The Balaban J connectivity index is 1.76. The van der Waals surface area contributed by atoms with Crippen LogP contribution in [0.1, 0.15) is 0 Å². The molecule has 0 aliphatic carbocycles. The quantitative estimate of drug-likeness (QED) is 0.173. The normalized spacial score (nSPS) is 30.4. The summed E-state index contributed by atoms with van der Waals surface area (Å²) in [6.45, 7) is 3.56. The number of fused-ring (bicyclic) bond motifs is 1. The number of carboxylic acids is 1. The van der Waals surface area contributed by atoms with Gasteiger partial charge in [-0.15, -0.1) is 11.8 Å². The molecule has 0 aromatic carbocycles. The fourth-order valence-corrected chi connectivity index (χ4v) is 4.83.